The van der Waals surface area contributed by atoms with Gasteiger partial charge in [-0.05, 0) is 13.8 Å². The zero-order chi connectivity index (χ0) is 12.4. The van der Waals surface area contributed by atoms with Gasteiger partial charge in [-0.2, -0.15) is 0 Å². The van der Waals surface area contributed by atoms with E-state index in [1.807, 2.05) is 73.0 Å². The van der Waals surface area contributed by atoms with Gasteiger partial charge in [0.2, 0.25) is 12.1 Å². The number of nitrogens with zero attached hydrogens (tertiary/aromatic N) is 2. The first kappa shape index (κ1) is 14.6. The second-order valence-electron chi connectivity index (χ2n) is 4.43. The van der Waals surface area contributed by atoms with Gasteiger partial charge in [0, 0.05) is 5.56 Å². The van der Waals surface area contributed by atoms with E-state index in [9.17, 15) is 4.79 Å². The van der Waals surface area contributed by atoms with E-state index in [-0.39, 0.29) is 28.8 Å². The van der Waals surface area contributed by atoms with Crippen LogP contribution in [0.15, 0.2) is 43.0 Å². The normalized spacial score (nSPS) is 11.7. The summed E-state index contributed by atoms with van der Waals surface area (Å²) >= 11 is 0. The molecule has 1 unspecified atom stereocenters. The summed E-state index contributed by atoms with van der Waals surface area (Å²) in [6.45, 7) is 3.94. The number of hydrogen-bond donors (Lipinski definition) is 0. The Balaban J connectivity index is 0.00000162. The molecule has 1 heterocycles. The number of halogens is 1. The maximum absolute atomic E-state index is 12.2. The lowest BCUT2D eigenvalue weighted by Crippen LogP contribution is -3.00. The predicted octanol–water partition coefficient (Wildman–Crippen LogP) is -0.931. The number of Topliss-reactive ketones (excluding diaryl/α,β-unsaturated/α-hetero) is 1. The van der Waals surface area contributed by atoms with Gasteiger partial charge in [0.1, 0.15) is 12.4 Å². The van der Waals surface area contributed by atoms with Gasteiger partial charge in [0.25, 0.3) is 0 Å². The molecule has 3 nitrogen and oxygen atoms in total. The lowest BCUT2D eigenvalue weighted by atomic mass is 10.0. The van der Waals surface area contributed by atoms with Crippen molar-refractivity contribution >= 4 is 5.78 Å². The molecule has 1 aromatic carbocycles. The Bertz CT molecular complexity index is 531. The maximum atomic E-state index is 12.2. The van der Waals surface area contributed by atoms with E-state index in [2.05, 4.69) is 0 Å². The molecule has 0 bridgehead atoms. The van der Waals surface area contributed by atoms with Crippen LogP contribution in [0.2, 0.25) is 0 Å². The van der Waals surface area contributed by atoms with Gasteiger partial charge in [0.05, 0.1) is 7.05 Å². The molecule has 0 fully saturated rings. The number of ketones is 1. The molecule has 1 aromatic heterocycles. The Morgan fingerprint density at radius 2 is 1.89 bits per heavy atom. The van der Waals surface area contributed by atoms with Gasteiger partial charge in [-0.1, -0.05) is 29.8 Å². The van der Waals surface area contributed by atoms with E-state index in [4.69, 9.17) is 0 Å². The smallest absolute Gasteiger partial charge is 0.244 e. The molecular formula is C14H17BrN2O. The molecule has 0 saturated carbocycles. The third-order valence-electron chi connectivity index (χ3n) is 2.95. The Hall–Kier alpha value is -1.42. The van der Waals surface area contributed by atoms with Gasteiger partial charge < -0.3 is 17.0 Å². The van der Waals surface area contributed by atoms with E-state index in [0.717, 1.165) is 5.56 Å². The fourth-order valence-electron chi connectivity index (χ4n) is 1.79. The van der Waals surface area contributed by atoms with Crippen LogP contribution < -0.4 is 21.5 Å². The maximum Gasteiger partial charge on any atom is 0.244 e. The zero-order valence-corrected chi connectivity index (χ0v) is 12.4. The number of benzene rings is 1. The zero-order valence-electron chi connectivity index (χ0n) is 10.8. The number of hydrogen-bond acceptors (Lipinski definition) is 1. The van der Waals surface area contributed by atoms with E-state index in [1.165, 1.54) is 5.56 Å². The molecular weight excluding hydrogens is 292 g/mol. The molecule has 0 spiro atoms. The van der Waals surface area contributed by atoms with E-state index < -0.39 is 0 Å². The van der Waals surface area contributed by atoms with Crippen molar-refractivity contribution in [1.82, 2.24) is 4.57 Å². The first-order valence-electron chi connectivity index (χ1n) is 5.71. The molecule has 4 heteroatoms. The molecule has 0 saturated heterocycles. The molecule has 0 aliphatic rings. The molecule has 18 heavy (non-hydrogen) atoms. The van der Waals surface area contributed by atoms with Crippen molar-refractivity contribution in [2.45, 2.75) is 19.9 Å². The summed E-state index contributed by atoms with van der Waals surface area (Å²) in [5, 5.41) is 0. The van der Waals surface area contributed by atoms with Gasteiger partial charge in [-0.15, -0.1) is 0 Å². The van der Waals surface area contributed by atoms with Crippen LogP contribution in [0.3, 0.4) is 0 Å². The summed E-state index contributed by atoms with van der Waals surface area (Å²) < 4.78 is 3.85. The Morgan fingerprint density at radius 1 is 1.28 bits per heavy atom. The van der Waals surface area contributed by atoms with Crippen molar-refractivity contribution in [3.05, 3.63) is 54.1 Å². The van der Waals surface area contributed by atoms with Crippen molar-refractivity contribution in [3.63, 3.8) is 0 Å². The molecule has 0 radical (unpaired) electrons. The highest BCUT2D eigenvalue weighted by atomic mass is 79.9. The molecule has 96 valence electrons. The van der Waals surface area contributed by atoms with E-state index in [0.29, 0.717) is 0 Å². The highest BCUT2D eigenvalue weighted by molar-refractivity contribution is 5.97. The highest BCUT2D eigenvalue weighted by Crippen LogP contribution is 2.10. The van der Waals surface area contributed by atoms with Crippen LogP contribution in [0.4, 0.5) is 0 Å². The Labute approximate surface area is 118 Å². The van der Waals surface area contributed by atoms with Crippen LogP contribution in [-0.2, 0) is 7.05 Å². The second-order valence-corrected chi connectivity index (χ2v) is 4.43. The Morgan fingerprint density at radius 3 is 2.39 bits per heavy atom. The summed E-state index contributed by atoms with van der Waals surface area (Å²) in [4.78, 5) is 12.2. The van der Waals surface area contributed by atoms with Crippen LogP contribution in [-0.4, -0.2) is 10.4 Å². The van der Waals surface area contributed by atoms with Crippen molar-refractivity contribution in [1.29, 1.82) is 0 Å². The minimum atomic E-state index is -0.168. The molecule has 0 amide bonds. The average Bonchev–Trinajstić information content (AvgIpc) is 2.75. The number of aromatic nitrogens is 2. The topological polar surface area (TPSA) is 25.9 Å². The summed E-state index contributed by atoms with van der Waals surface area (Å²) in [6.07, 6.45) is 5.76. The number of aryl methyl sites for hydroxylation is 2. The molecule has 0 aliphatic heterocycles. The van der Waals surface area contributed by atoms with Crippen molar-refractivity contribution < 1.29 is 26.3 Å². The van der Waals surface area contributed by atoms with Crippen LogP contribution in [0.25, 0.3) is 0 Å². The summed E-state index contributed by atoms with van der Waals surface area (Å²) in [6, 6.07) is 7.54. The van der Waals surface area contributed by atoms with Crippen LogP contribution >= 0.6 is 0 Å². The molecule has 1 atom stereocenters. The van der Waals surface area contributed by atoms with E-state index in [1.54, 1.807) is 0 Å². The summed E-state index contributed by atoms with van der Waals surface area (Å²) in [5.41, 5.74) is 1.93. The van der Waals surface area contributed by atoms with Gasteiger partial charge in [0.15, 0.2) is 6.04 Å². The number of carbonyl (C=O) groups excluding carboxylic acids is 1. The van der Waals surface area contributed by atoms with E-state index >= 15 is 0 Å². The monoisotopic (exact) mass is 308 g/mol. The van der Waals surface area contributed by atoms with Gasteiger partial charge in [-0.3, -0.25) is 4.79 Å². The fourth-order valence-corrected chi connectivity index (χ4v) is 1.79. The largest absolute Gasteiger partial charge is 1.00 e. The van der Waals surface area contributed by atoms with Gasteiger partial charge >= 0.3 is 0 Å². The third-order valence-corrected chi connectivity index (χ3v) is 2.95. The van der Waals surface area contributed by atoms with Crippen LogP contribution in [0, 0.1) is 6.92 Å². The van der Waals surface area contributed by atoms with Gasteiger partial charge in [-0.25, -0.2) is 9.13 Å². The lowest BCUT2D eigenvalue weighted by molar-refractivity contribution is -0.704. The number of rotatable bonds is 3. The van der Waals surface area contributed by atoms with Crippen molar-refractivity contribution in [2.75, 3.05) is 0 Å². The minimum Gasteiger partial charge on any atom is -1.00 e. The standard InChI is InChI=1S/C14H17N2O.BrH/c1-11-4-6-13(7-5-11)14(17)12(2)16-9-8-15(3)10-16;/h4-10,12H,1-3H3;1H/q+1;/p-1. The molecule has 0 N–H and O–H groups in total. The Kier molecular flexibility index (Phi) is 4.84. The molecule has 2 rings (SSSR count). The quantitative estimate of drug-likeness (QED) is 0.531. The highest BCUT2D eigenvalue weighted by Gasteiger charge is 2.20. The summed E-state index contributed by atoms with van der Waals surface area (Å²) in [5.74, 6) is 0.140. The van der Waals surface area contributed by atoms with Crippen LogP contribution in [0.5, 0.6) is 0 Å². The minimum absolute atomic E-state index is 0. The first-order valence-corrected chi connectivity index (χ1v) is 5.71. The molecule has 2 aromatic rings. The van der Waals surface area contributed by atoms with Crippen molar-refractivity contribution in [3.8, 4) is 0 Å². The second kappa shape index (κ2) is 5.96. The SMILES string of the molecule is Cc1ccc(C(=O)C(C)[n+]2ccn(C)c2)cc1.[Br-]. The number of carbonyl (C=O) groups is 1. The van der Waals surface area contributed by atoms with Crippen LogP contribution in [0.1, 0.15) is 28.9 Å². The predicted molar refractivity (Wildman–Crippen MR) is 65.8 cm³/mol. The number of imidazole rings is 1. The first-order chi connectivity index (χ1) is 8.08. The third kappa shape index (κ3) is 3.07. The summed E-state index contributed by atoms with van der Waals surface area (Å²) in [7, 11) is 1.94. The average molecular weight is 309 g/mol. The van der Waals surface area contributed by atoms with Crippen molar-refractivity contribution in [2.24, 2.45) is 7.05 Å². The molecule has 0 aliphatic carbocycles. The lowest BCUT2D eigenvalue weighted by Gasteiger charge is -2.07. The fraction of sp³-hybridized carbons (Fsp3) is 0.286.